The number of ether oxygens (including phenoxy) is 3. The fourth-order valence-electron chi connectivity index (χ4n) is 5.87. The van der Waals surface area contributed by atoms with Crippen LogP contribution < -0.4 is 0 Å². The molecule has 0 aromatic carbocycles. The van der Waals surface area contributed by atoms with Crippen molar-refractivity contribution in [3.8, 4) is 0 Å². The zero-order valence-corrected chi connectivity index (χ0v) is 36.8. The van der Waals surface area contributed by atoms with Crippen LogP contribution in [0.15, 0.2) is 85.1 Å². The van der Waals surface area contributed by atoms with Crippen molar-refractivity contribution in [2.75, 3.05) is 41.0 Å². The number of carboxylic acid groups (broad SMARTS) is 1. The van der Waals surface area contributed by atoms with E-state index in [-0.39, 0.29) is 42.7 Å². The molecule has 2 unspecified atom stereocenters. The van der Waals surface area contributed by atoms with Gasteiger partial charge in [0.05, 0.1) is 34.4 Å². The molecule has 8 nitrogen and oxygen atoms in total. The first-order chi connectivity index (χ1) is 27.6. The molecule has 0 rings (SSSR count). The molecule has 0 amide bonds. The van der Waals surface area contributed by atoms with Crippen LogP contribution in [-0.2, 0) is 28.6 Å². The molecule has 2 atom stereocenters. The number of allylic oxidation sites excluding steroid dienone is 14. The number of aliphatic carboxylic acids is 1. The first-order valence-corrected chi connectivity index (χ1v) is 22.1. The number of carboxylic acids is 1. The van der Waals surface area contributed by atoms with Gasteiger partial charge >= 0.3 is 17.9 Å². The standard InChI is InChI=1S/C49H81NO7/c1-6-8-10-12-14-16-18-20-22-24-26-28-30-32-34-36-38-40-48(52)57-45(43-55-42-41-46(49(53)54)50(3,4)5)44-56-47(51)39-37-35-33-31-29-27-25-23-21-19-17-15-13-11-9-7-2/h9,11,14-17,20-23,27,29,33,35,45-46H,6-8,10,12-13,18-19,24-26,28,30-32,34,36-44H2,1-5H3/p+1/b11-9+,16-14+,17-15+,22-20+,23-21+,29-27+,35-33+. The molecule has 0 heterocycles. The minimum atomic E-state index is -0.889. The molecule has 0 bridgehead atoms. The van der Waals surface area contributed by atoms with Crippen LogP contribution in [0.2, 0.25) is 0 Å². The zero-order valence-electron chi connectivity index (χ0n) is 36.8. The lowest BCUT2D eigenvalue weighted by Crippen LogP contribution is -2.50. The third kappa shape index (κ3) is 37.8. The summed E-state index contributed by atoms with van der Waals surface area (Å²) in [6.45, 7) is 4.49. The van der Waals surface area contributed by atoms with Gasteiger partial charge in [-0.1, -0.05) is 144 Å². The molecule has 0 spiro atoms. The highest BCUT2D eigenvalue weighted by Crippen LogP contribution is 2.13. The van der Waals surface area contributed by atoms with Gasteiger partial charge in [-0.05, 0) is 77.0 Å². The van der Waals surface area contributed by atoms with E-state index in [1.54, 1.807) is 0 Å². The molecule has 0 aromatic heterocycles. The van der Waals surface area contributed by atoms with Gasteiger partial charge in [0.2, 0.25) is 0 Å². The van der Waals surface area contributed by atoms with E-state index < -0.39 is 18.1 Å². The molecule has 0 aliphatic heterocycles. The highest BCUT2D eigenvalue weighted by atomic mass is 16.6. The summed E-state index contributed by atoms with van der Waals surface area (Å²) in [4.78, 5) is 36.9. The number of nitrogens with zero attached hydrogens (tertiary/aromatic N) is 1. The third-order valence-electron chi connectivity index (χ3n) is 9.29. The Bertz CT molecular complexity index is 1200. The first-order valence-electron chi connectivity index (χ1n) is 22.1. The highest BCUT2D eigenvalue weighted by Gasteiger charge is 2.31. The molecule has 1 N–H and O–H groups in total. The van der Waals surface area contributed by atoms with E-state index in [1.807, 2.05) is 33.3 Å². The lowest BCUT2D eigenvalue weighted by atomic mass is 10.1. The minimum absolute atomic E-state index is 0.0300. The Labute approximate surface area is 348 Å². The molecule has 0 saturated carbocycles. The molecular formula is C49H82NO7+. The van der Waals surface area contributed by atoms with Crippen molar-refractivity contribution in [1.82, 2.24) is 0 Å². The SMILES string of the molecule is CC/C=C/C/C=C/C/C=C/C/C=C/C/C=C/CCC(=O)OCC(COCCC(C(=O)O)[N+](C)(C)C)OC(=O)CCCCCCCCC/C=C/C/C=C/CCCCC. The van der Waals surface area contributed by atoms with Gasteiger partial charge in [-0.15, -0.1) is 0 Å². The number of carbonyl (C=O) groups excluding carboxylic acids is 2. The van der Waals surface area contributed by atoms with E-state index in [0.29, 0.717) is 19.3 Å². The highest BCUT2D eigenvalue weighted by molar-refractivity contribution is 5.72. The number of quaternary nitrogens is 1. The van der Waals surface area contributed by atoms with E-state index in [0.717, 1.165) is 70.6 Å². The number of hydrogen-bond donors (Lipinski definition) is 1. The van der Waals surface area contributed by atoms with E-state index in [9.17, 15) is 19.5 Å². The van der Waals surface area contributed by atoms with E-state index in [1.165, 1.54) is 44.9 Å². The molecule has 8 heteroatoms. The maximum atomic E-state index is 12.7. The Kier molecular flexibility index (Phi) is 36.9. The Balaban J connectivity index is 4.48. The molecule has 0 aliphatic rings. The maximum Gasteiger partial charge on any atom is 0.362 e. The van der Waals surface area contributed by atoms with E-state index in [2.05, 4.69) is 86.8 Å². The van der Waals surface area contributed by atoms with Gasteiger partial charge in [0.25, 0.3) is 0 Å². The van der Waals surface area contributed by atoms with Crippen LogP contribution in [-0.4, -0.2) is 80.6 Å². The van der Waals surface area contributed by atoms with Crippen molar-refractivity contribution in [2.45, 2.75) is 167 Å². The van der Waals surface area contributed by atoms with Crippen LogP contribution in [0, 0.1) is 0 Å². The summed E-state index contributed by atoms with van der Waals surface area (Å²) < 4.78 is 17.2. The van der Waals surface area contributed by atoms with Crippen LogP contribution >= 0.6 is 0 Å². The van der Waals surface area contributed by atoms with Gasteiger partial charge in [0.15, 0.2) is 12.1 Å². The second-order valence-corrected chi connectivity index (χ2v) is 15.6. The van der Waals surface area contributed by atoms with Crippen LogP contribution in [0.4, 0.5) is 0 Å². The fraction of sp³-hybridized carbons (Fsp3) is 0.653. The summed E-state index contributed by atoms with van der Waals surface area (Å²) in [5.41, 5.74) is 0. The Morgan fingerprint density at radius 3 is 1.53 bits per heavy atom. The molecule has 324 valence electrons. The second-order valence-electron chi connectivity index (χ2n) is 15.6. The Morgan fingerprint density at radius 2 is 1.02 bits per heavy atom. The predicted molar refractivity (Wildman–Crippen MR) is 238 cm³/mol. The second kappa shape index (κ2) is 39.3. The number of esters is 2. The quantitative estimate of drug-likeness (QED) is 0.0287. The largest absolute Gasteiger partial charge is 0.477 e. The summed E-state index contributed by atoms with van der Waals surface area (Å²) in [6.07, 6.45) is 50.7. The number of likely N-dealkylation sites (N-methyl/N-ethyl adjacent to an activating group) is 1. The fourth-order valence-corrected chi connectivity index (χ4v) is 5.87. The van der Waals surface area contributed by atoms with Gasteiger partial charge in [-0.2, -0.15) is 0 Å². The predicted octanol–water partition coefficient (Wildman–Crippen LogP) is 12.1. The molecular weight excluding hydrogens is 715 g/mol. The lowest BCUT2D eigenvalue weighted by molar-refractivity contribution is -0.887. The monoisotopic (exact) mass is 797 g/mol. The molecule has 0 radical (unpaired) electrons. The molecule has 57 heavy (non-hydrogen) atoms. The average molecular weight is 797 g/mol. The average Bonchev–Trinajstić information content (AvgIpc) is 3.17. The van der Waals surface area contributed by atoms with Gasteiger partial charge < -0.3 is 23.8 Å². The van der Waals surface area contributed by atoms with Crippen LogP contribution in [0.3, 0.4) is 0 Å². The normalized spacial score (nSPS) is 13.8. The van der Waals surface area contributed by atoms with Gasteiger partial charge in [0.1, 0.15) is 6.61 Å². The van der Waals surface area contributed by atoms with Gasteiger partial charge in [-0.3, -0.25) is 9.59 Å². The summed E-state index contributed by atoms with van der Waals surface area (Å²) in [5, 5.41) is 9.62. The van der Waals surface area contributed by atoms with Crippen molar-refractivity contribution < 1.29 is 38.2 Å². The van der Waals surface area contributed by atoms with Gasteiger partial charge in [-0.25, -0.2) is 4.79 Å². The Hall–Kier alpha value is -3.49. The van der Waals surface area contributed by atoms with Crippen molar-refractivity contribution in [3.63, 3.8) is 0 Å². The van der Waals surface area contributed by atoms with Crippen LogP contribution in [0.5, 0.6) is 0 Å². The third-order valence-corrected chi connectivity index (χ3v) is 9.29. The summed E-state index contributed by atoms with van der Waals surface area (Å²) in [6, 6.07) is -0.631. The molecule has 0 aromatic rings. The smallest absolute Gasteiger partial charge is 0.362 e. The van der Waals surface area contributed by atoms with E-state index >= 15 is 0 Å². The lowest BCUT2D eigenvalue weighted by Gasteiger charge is -2.31. The summed E-state index contributed by atoms with van der Waals surface area (Å²) >= 11 is 0. The van der Waals surface area contributed by atoms with Gasteiger partial charge in [0, 0.05) is 19.3 Å². The van der Waals surface area contributed by atoms with Crippen molar-refractivity contribution >= 4 is 17.9 Å². The maximum absolute atomic E-state index is 12.7. The molecule has 0 aliphatic carbocycles. The Morgan fingerprint density at radius 1 is 0.544 bits per heavy atom. The van der Waals surface area contributed by atoms with Crippen LogP contribution in [0.25, 0.3) is 0 Å². The summed E-state index contributed by atoms with van der Waals surface area (Å²) in [7, 11) is 5.49. The van der Waals surface area contributed by atoms with E-state index in [4.69, 9.17) is 14.2 Å². The number of carbonyl (C=O) groups is 3. The first kappa shape index (κ1) is 53.5. The molecule has 0 saturated heterocycles. The van der Waals surface area contributed by atoms with Crippen molar-refractivity contribution in [1.29, 1.82) is 0 Å². The topological polar surface area (TPSA) is 99.1 Å². The molecule has 0 fully saturated rings. The minimum Gasteiger partial charge on any atom is -0.477 e. The number of unbranched alkanes of at least 4 members (excludes halogenated alkanes) is 10. The number of rotatable bonds is 38. The van der Waals surface area contributed by atoms with Crippen molar-refractivity contribution in [2.24, 2.45) is 0 Å². The zero-order chi connectivity index (χ0) is 42.1. The van der Waals surface area contributed by atoms with Crippen molar-refractivity contribution in [3.05, 3.63) is 85.1 Å². The van der Waals surface area contributed by atoms with Crippen LogP contribution in [0.1, 0.15) is 155 Å². The number of hydrogen-bond acceptors (Lipinski definition) is 6. The summed E-state index contributed by atoms with van der Waals surface area (Å²) in [5.74, 6) is -1.59.